The van der Waals surface area contributed by atoms with Gasteiger partial charge in [0.2, 0.25) is 10.0 Å². The van der Waals surface area contributed by atoms with Crippen LogP contribution >= 0.6 is 11.8 Å². The minimum Gasteiger partial charge on any atom is -0.468 e. The molecule has 2 rings (SSSR count). The molecular formula is C15H17F3N2O3S2. The van der Waals surface area contributed by atoms with Crippen molar-refractivity contribution >= 4 is 21.8 Å². The Morgan fingerprint density at radius 1 is 1.20 bits per heavy atom. The monoisotopic (exact) mass is 394 g/mol. The second-order valence-electron chi connectivity index (χ2n) is 5.37. The summed E-state index contributed by atoms with van der Waals surface area (Å²) < 4.78 is 69.4. The molecule has 10 heteroatoms. The number of nitrogens with one attached hydrogen (secondary N) is 1. The van der Waals surface area contributed by atoms with Gasteiger partial charge in [-0.15, -0.1) is 0 Å². The quantitative estimate of drug-likeness (QED) is 0.729. The first-order valence-electron chi connectivity index (χ1n) is 7.14. The fourth-order valence-corrected chi connectivity index (χ4v) is 3.69. The molecule has 2 aromatic rings. The van der Waals surface area contributed by atoms with E-state index in [0.29, 0.717) is 5.76 Å². The van der Waals surface area contributed by atoms with Crippen LogP contribution in [0, 0.1) is 0 Å². The summed E-state index contributed by atoms with van der Waals surface area (Å²) in [5.41, 5.74) is -4.42. The summed E-state index contributed by atoms with van der Waals surface area (Å²) >= 11 is -0.294. The third kappa shape index (κ3) is 5.77. The zero-order valence-electron chi connectivity index (χ0n) is 13.4. The van der Waals surface area contributed by atoms with E-state index in [1.54, 1.807) is 31.1 Å². The van der Waals surface area contributed by atoms with Crippen LogP contribution in [0.15, 0.2) is 56.9 Å². The van der Waals surface area contributed by atoms with Gasteiger partial charge in [-0.2, -0.15) is 13.2 Å². The normalized spacial score (nSPS) is 14.0. The third-order valence-electron chi connectivity index (χ3n) is 3.33. The Bertz CT molecular complexity index is 773. The van der Waals surface area contributed by atoms with Crippen molar-refractivity contribution in [3.8, 4) is 0 Å². The van der Waals surface area contributed by atoms with Gasteiger partial charge in [0, 0.05) is 11.4 Å². The maximum Gasteiger partial charge on any atom is 0.446 e. The standard InChI is InChI=1S/C15H17F3N2O3S2/c1-20(2)13(14-4-3-9-23-14)10-19-25(21,22)12-7-5-11(6-8-12)24-15(16,17)18/h3-9,13,19H,10H2,1-2H3. The van der Waals surface area contributed by atoms with E-state index < -0.39 is 15.5 Å². The lowest BCUT2D eigenvalue weighted by Crippen LogP contribution is -2.34. The van der Waals surface area contributed by atoms with E-state index in [4.69, 9.17) is 4.42 Å². The van der Waals surface area contributed by atoms with Gasteiger partial charge in [0.1, 0.15) is 5.76 Å². The lowest BCUT2D eigenvalue weighted by molar-refractivity contribution is -0.0328. The highest BCUT2D eigenvalue weighted by Gasteiger charge is 2.29. The van der Waals surface area contributed by atoms with Crippen LogP contribution in [0.25, 0.3) is 0 Å². The van der Waals surface area contributed by atoms with Crippen LogP contribution in [-0.2, 0) is 10.0 Å². The van der Waals surface area contributed by atoms with E-state index in [2.05, 4.69) is 4.72 Å². The van der Waals surface area contributed by atoms with Crippen LogP contribution in [0.4, 0.5) is 13.2 Å². The number of rotatable bonds is 7. The molecule has 1 atom stereocenters. The molecule has 0 bridgehead atoms. The Labute approximate surface area is 148 Å². The van der Waals surface area contributed by atoms with E-state index in [1.807, 2.05) is 0 Å². The minimum atomic E-state index is -4.42. The second kappa shape index (κ2) is 7.81. The van der Waals surface area contributed by atoms with Crippen molar-refractivity contribution in [3.05, 3.63) is 48.4 Å². The summed E-state index contributed by atoms with van der Waals surface area (Å²) in [4.78, 5) is 1.62. The molecule has 0 amide bonds. The molecule has 0 aliphatic rings. The molecule has 0 spiro atoms. The Balaban J connectivity index is 2.08. The molecule has 1 N–H and O–H groups in total. The molecule has 0 saturated carbocycles. The molecule has 5 nitrogen and oxygen atoms in total. The fraction of sp³-hybridized carbons (Fsp3) is 0.333. The Kier molecular flexibility index (Phi) is 6.20. The Morgan fingerprint density at radius 2 is 1.84 bits per heavy atom. The minimum absolute atomic E-state index is 0.0574. The fourth-order valence-electron chi connectivity index (χ4n) is 2.11. The number of alkyl halides is 3. The summed E-state index contributed by atoms with van der Waals surface area (Å²) in [6.45, 7) is 0.0574. The topological polar surface area (TPSA) is 62.6 Å². The van der Waals surface area contributed by atoms with Crippen molar-refractivity contribution in [2.75, 3.05) is 20.6 Å². The molecule has 0 saturated heterocycles. The highest BCUT2D eigenvalue weighted by Crippen LogP contribution is 2.36. The number of furan rings is 1. The van der Waals surface area contributed by atoms with E-state index in [-0.39, 0.29) is 34.1 Å². The van der Waals surface area contributed by atoms with E-state index >= 15 is 0 Å². The molecule has 1 heterocycles. The zero-order valence-corrected chi connectivity index (χ0v) is 15.1. The lowest BCUT2D eigenvalue weighted by atomic mass is 10.2. The predicted octanol–water partition coefficient (Wildman–Crippen LogP) is 3.47. The van der Waals surface area contributed by atoms with Crippen molar-refractivity contribution < 1.29 is 26.0 Å². The Hall–Kier alpha value is -1.49. The summed E-state index contributed by atoms with van der Waals surface area (Å²) in [6.07, 6.45) is 1.50. The first-order valence-corrected chi connectivity index (χ1v) is 9.44. The number of hydrogen-bond acceptors (Lipinski definition) is 5. The van der Waals surface area contributed by atoms with Gasteiger partial charge in [0.25, 0.3) is 0 Å². The summed E-state index contributed by atoms with van der Waals surface area (Å²) in [6, 6.07) is 7.68. The summed E-state index contributed by atoms with van der Waals surface area (Å²) in [7, 11) is -0.284. The van der Waals surface area contributed by atoms with Gasteiger partial charge in [0.05, 0.1) is 17.2 Å². The average Bonchev–Trinajstić information content (AvgIpc) is 3.00. The van der Waals surface area contributed by atoms with Crippen LogP contribution in [0.2, 0.25) is 0 Å². The van der Waals surface area contributed by atoms with E-state index in [9.17, 15) is 21.6 Å². The van der Waals surface area contributed by atoms with Crippen LogP contribution < -0.4 is 4.72 Å². The van der Waals surface area contributed by atoms with Gasteiger partial charge in [-0.1, -0.05) is 0 Å². The van der Waals surface area contributed by atoms with E-state index in [0.717, 1.165) is 24.3 Å². The lowest BCUT2D eigenvalue weighted by Gasteiger charge is -2.22. The first-order chi connectivity index (χ1) is 11.6. The first kappa shape index (κ1) is 19.8. The summed E-state index contributed by atoms with van der Waals surface area (Å²) in [5, 5.41) is 0. The highest BCUT2D eigenvalue weighted by atomic mass is 32.2. The largest absolute Gasteiger partial charge is 0.468 e. The number of thioether (sulfide) groups is 1. The van der Waals surface area contributed by atoms with Crippen molar-refractivity contribution in [2.24, 2.45) is 0 Å². The molecule has 1 aromatic carbocycles. The third-order valence-corrected chi connectivity index (χ3v) is 5.51. The molecular weight excluding hydrogens is 377 g/mol. The van der Waals surface area contributed by atoms with Crippen LogP contribution in [0.3, 0.4) is 0 Å². The van der Waals surface area contributed by atoms with Gasteiger partial charge in [-0.05, 0) is 62.3 Å². The van der Waals surface area contributed by atoms with Crippen LogP contribution in [0.5, 0.6) is 0 Å². The number of hydrogen-bond donors (Lipinski definition) is 1. The van der Waals surface area contributed by atoms with Crippen molar-refractivity contribution in [3.63, 3.8) is 0 Å². The molecule has 0 radical (unpaired) electrons. The van der Waals surface area contributed by atoms with Crippen molar-refractivity contribution in [1.29, 1.82) is 0 Å². The zero-order chi connectivity index (χ0) is 18.7. The molecule has 138 valence electrons. The highest BCUT2D eigenvalue weighted by molar-refractivity contribution is 8.00. The predicted molar refractivity (Wildman–Crippen MR) is 88.7 cm³/mol. The average molecular weight is 394 g/mol. The van der Waals surface area contributed by atoms with Gasteiger partial charge >= 0.3 is 5.51 Å². The maximum atomic E-state index is 12.3. The molecule has 25 heavy (non-hydrogen) atoms. The van der Waals surface area contributed by atoms with Crippen LogP contribution in [0.1, 0.15) is 11.8 Å². The maximum absolute atomic E-state index is 12.3. The van der Waals surface area contributed by atoms with Crippen molar-refractivity contribution in [2.45, 2.75) is 21.3 Å². The number of sulfonamides is 1. The van der Waals surface area contributed by atoms with E-state index in [1.165, 1.54) is 6.26 Å². The number of halogens is 3. The number of likely N-dealkylation sites (N-methyl/N-ethyl adjacent to an activating group) is 1. The number of benzene rings is 1. The second-order valence-corrected chi connectivity index (χ2v) is 8.27. The Morgan fingerprint density at radius 3 is 2.32 bits per heavy atom. The SMILES string of the molecule is CN(C)C(CNS(=O)(=O)c1ccc(SC(F)(F)F)cc1)c1ccco1. The smallest absolute Gasteiger partial charge is 0.446 e. The molecule has 0 aliphatic carbocycles. The molecule has 0 fully saturated rings. The van der Waals surface area contributed by atoms with Gasteiger partial charge in [0.15, 0.2) is 0 Å². The van der Waals surface area contributed by atoms with Gasteiger partial charge in [-0.3, -0.25) is 4.90 Å². The van der Waals surface area contributed by atoms with Crippen molar-refractivity contribution in [1.82, 2.24) is 9.62 Å². The molecule has 1 aromatic heterocycles. The number of nitrogens with zero attached hydrogens (tertiary/aromatic N) is 1. The van der Waals surface area contributed by atoms with Gasteiger partial charge < -0.3 is 4.42 Å². The molecule has 0 aliphatic heterocycles. The molecule has 1 unspecified atom stereocenters. The van der Waals surface area contributed by atoms with Gasteiger partial charge in [-0.25, -0.2) is 13.1 Å². The summed E-state index contributed by atoms with van der Waals surface area (Å²) in [5.74, 6) is 0.602. The van der Waals surface area contributed by atoms with Crippen LogP contribution in [-0.4, -0.2) is 39.5 Å².